The van der Waals surface area contributed by atoms with Gasteiger partial charge in [-0.1, -0.05) is 48.0 Å². The van der Waals surface area contributed by atoms with Crippen molar-refractivity contribution in [1.29, 1.82) is 0 Å². The lowest BCUT2D eigenvalue weighted by atomic mass is 10.2. The number of rotatable bonds is 7. The summed E-state index contributed by atoms with van der Waals surface area (Å²) >= 11 is 6.02. The van der Waals surface area contributed by atoms with Crippen molar-refractivity contribution in [3.05, 3.63) is 83.4 Å². The average molecular weight is 445 g/mol. The maximum Gasteiger partial charge on any atom is 0.264 e. The molecule has 0 radical (unpaired) electrons. The monoisotopic (exact) mass is 444 g/mol. The second kappa shape index (κ2) is 9.19. The number of halogens is 1. The van der Waals surface area contributed by atoms with E-state index < -0.39 is 22.5 Å². The minimum Gasteiger partial charge on any atom is -0.495 e. The second-order valence-corrected chi connectivity index (χ2v) is 8.80. The van der Waals surface area contributed by atoms with Crippen LogP contribution in [0.4, 0.5) is 11.4 Å². The molecule has 0 aromatic heterocycles. The fourth-order valence-electron chi connectivity index (χ4n) is 2.90. The molecule has 1 N–H and O–H groups in total. The number of methoxy groups -OCH3 is 1. The third-order valence-electron chi connectivity index (χ3n) is 4.45. The molecule has 0 bridgehead atoms. The van der Waals surface area contributed by atoms with Gasteiger partial charge >= 0.3 is 0 Å². The fraction of sp³-hybridized carbons (Fsp3) is 0.136. The summed E-state index contributed by atoms with van der Waals surface area (Å²) in [6.45, 7) is 1.38. The highest BCUT2D eigenvalue weighted by atomic mass is 35.5. The van der Waals surface area contributed by atoms with Gasteiger partial charge in [0.2, 0.25) is 5.91 Å². The number of anilines is 2. The van der Waals surface area contributed by atoms with E-state index in [9.17, 15) is 13.2 Å². The van der Waals surface area contributed by atoms with E-state index in [1.165, 1.54) is 19.2 Å². The Bertz CT molecular complexity index is 1150. The first-order valence-electron chi connectivity index (χ1n) is 9.09. The Labute approximate surface area is 181 Å². The molecular formula is C22H21ClN2O4S. The quantitative estimate of drug-likeness (QED) is 0.582. The van der Waals surface area contributed by atoms with Crippen LogP contribution in [0.5, 0.6) is 5.75 Å². The Morgan fingerprint density at radius 1 is 1.03 bits per heavy atom. The lowest BCUT2D eigenvalue weighted by Gasteiger charge is -2.25. The molecule has 0 heterocycles. The van der Waals surface area contributed by atoms with Gasteiger partial charge in [0.25, 0.3) is 10.0 Å². The number of amides is 1. The van der Waals surface area contributed by atoms with Gasteiger partial charge in [-0.2, -0.15) is 0 Å². The first-order valence-corrected chi connectivity index (χ1v) is 10.9. The average Bonchev–Trinajstić information content (AvgIpc) is 2.75. The van der Waals surface area contributed by atoms with Crippen molar-refractivity contribution in [3.8, 4) is 5.75 Å². The SMILES string of the molecule is COc1ccccc1N(CC(=O)Nc1cc(Cl)ccc1C)S(=O)(=O)c1ccccc1. The summed E-state index contributed by atoms with van der Waals surface area (Å²) in [5, 5.41) is 3.21. The largest absolute Gasteiger partial charge is 0.495 e. The van der Waals surface area contributed by atoms with Crippen LogP contribution in [0.1, 0.15) is 5.56 Å². The third kappa shape index (κ3) is 4.75. The van der Waals surface area contributed by atoms with Gasteiger partial charge in [0.1, 0.15) is 12.3 Å². The van der Waals surface area contributed by atoms with Crippen LogP contribution < -0.4 is 14.4 Å². The van der Waals surface area contributed by atoms with Crippen LogP contribution in [0.15, 0.2) is 77.7 Å². The molecule has 6 nitrogen and oxygen atoms in total. The number of para-hydroxylation sites is 2. The summed E-state index contributed by atoms with van der Waals surface area (Å²) < 4.78 is 33.1. The van der Waals surface area contributed by atoms with Crippen molar-refractivity contribution in [2.75, 3.05) is 23.3 Å². The minimum absolute atomic E-state index is 0.0719. The van der Waals surface area contributed by atoms with Crippen LogP contribution in [0.25, 0.3) is 0 Å². The zero-order chi connectivity index (χ0) is 21.7. The van der Waals surface area contributed by atoms with Crippen LogP contribution >= 0.6 is 11.6 Å². The van der Waals surface area contributed by atoms with E-state index in [-0.39, 0.29) is 10.6 Å². The third-order valence-corrected chi connectivity index (χ3v) is 6.46. The van der Waals surface area contributed by atoms with E-state index in [0.29, 0.717) is 16.5 Å². The Morgan fingerprint density at radius 2 is 1.70 bits per heavy atom. The summed E-state index contributed by atoms with van der Waals surface area (Å²) in [5.74, 6) is -0.172. The van der Waals surface area contributed by atoms with Gasteiger partial charge in [-0.3, -0.25) is 9.10 Å². The molecule has 0 saturated heterocycles. The van der Waals surface area contributed by atoms with Gasteiger partial charge in [0.15, 0.2) is 0 Å². The molecule has 0 unspecified atom stereocenters. The highest BCUT2D eigenvalue weighted by molar-refractivity contribution is 7.92. The van der Waals surface area contributed by atoms with E-state index in [4.69, 9.17) is 16.3 Å². The van der Waals surface area contributed by atoms with Gasteiger partial charge in [-0.15, -0.1) is 0 Å². The molecule has 0 aliphatic rings. The van der Waals surface area contributed by atoms with Crippen molar-refractivity contribution in [1.82, 2.24) is 0 Å². The first-order chi connectivity index (χ1) is 14.3. The number of nitrogens with zero attached hydrogens (tertiary/aromatic N) is 1. The molecule has 1 amide bonds. The summed E-state index contributed by atoms with van der Waals surface area (Å²) in [5.41, 5.74) is 1.59. The number of carbonyl (C=O) groups excluding carboxylic acids is 1. The molecule has 0 atom stereocenters. The molecule has 30 heavy (non-hydrogen) atoms. The number of benzene rings is 3. The maximum atomic E-state index is 13.4. The maximum absolute atomic E-state index is 13.4. The lowest BCUT2D eigenvalue weighted by molar-refractivity contribution is -0.114. The second-order valence-electron chi connectivity index (χ2n) is 6.50. The zero-order valence-electron chi connectivity index (χ0n) is 16.5. The Balaban J connectivity index is 2.00. The number of aryl methyl sites for hydroxylation is 1. The van der Waals surface area contributed by atoms with Crippen molar-refractivity contribution in [2.24, 2.45) is 0 Å². The summed E-state index contributed by atoms with van der Waals surface area (Å²) in [6, 6.07) is 19.7. The molecule has 0 fully saturated rings. The van der Waals surface area contributed by atoms with E-state index in [0.717, 1.165) is 9.87 Å². The van der Waals surface area contributed by atoms with Crippen LogP contribution in [0, 0.1) is 6.92 Å². The van der Waals surface area contributed by atoms with Crippen LogP contribution in [0.3, 0.4) is 0 Å². The van der Waals surface area contributed by atoms with Crippen LogP contribution in [0.2, 0.25) is 5.02 Å². The minimum atomic E-state index is -4.03. The van der Waals surface area contributed by atoms with Crippen LogP contribution in [-0.2, 0) is 14.8 Å². The molecule has 0 spiro atoms. The van der Waals surface area contributed by atoms with Crippen molar-refractivity contribution in [3.63, 3.8) is 0 Å². The van der Waals surface area contributed by atoms with E-state index in [1.807, 2.05) is 6.92 Å². The topological polar surface area (TPSA) is 75.7 Å². The van der Waals surface area contributed by atoms with Gasteiger partial charge in [-0.05, 0) is 48.9 Å². The molecule has 0 aliphatic carbocycles. The summed E-state index contributed by atoms with van der Waals surface area (Å²) in [7, 11) is -2.58. The van der Waals surface area contributed by atoms with Gasteiger partial charge in [0, 0.05) is 10.7 Å². The number of carbonyl (C=O) groups is 1. The number of nitrogens with one attached hydrogen (secondary N) is 1. The zero-order valence-corrected chi connectivity index (χ0v) is 18.1. The number of hydrogen-bond donors (Lipinski definition) is 1. The molecule has 3 aromatic carbocycles. The van der Waals surface area contributed by atoms with E-state index in [1.54, 1.807) is 60.7 Å². The van der Waals surface area contributed by atoms with Crippen molar-refractivity contribution >= 4 is 38.9 Å². The highest BCUT2D eigenvalue weighted by Gasteiger charge is 2.29. The summed E-state index contributed by atoms with van der Waals surface area (Å²) in [6.07, 6.45) is 0. The van der Waals surface area contributed by atoms with Crippen molar-refractivity contribution in [2.45, 2.75) is 11.8 Å². The normalized spacial score (nSPS) is 11.0. The molecule has 0 aliphatic heterocycles. The van der Waals surface area contributed by atoms with Gasteiger partial charge < -0.3 is 10.1 Å². The fourth-order valence-corrected chi connectivity index (χ4v) is 4.53. The van der Waals surface area contributed by atoms with Gasteiger partial charge in [0.05, 0.1) is 17.7 Å². The Hall–Kier alpha value is -3.03. The lowest BCUT2D eigenvalue weighted by Crippen LogP contribution is -2.38. The Kier molecular flexibility index (Phi) is 6.64. The van der Waals surface area contributed by atoms with E-state index >= 15 is 0 Å². The highest BCUT2D eigenvalue weighted by Crippen LogP contribution is 2.32. The standard InChI is InChI=1S/C22H21ClN2O4S/c1-16-12-13-17(23)14-19(16)24-22(26)15-25(20-10-6-7-11-21(20)29-2)30(27,28)18-8-4-3-5-9-18/h3-14H,15H2,1-2H3,(H,24,26). The molecule has 3 rings (SSSR count). The van der Waals surface area contributed by atoms with Crippen LogP contribution in [-0.4, -0.2) is 28.0 Å². The van der Waals surface area contributed by atoms with Gasteiger partial charge in [-0.25, -0.2) is 8.42 Å². The molecular weight excluding hydrogens is 424 g/mol. The predicted octanol–water partition coefficient (Wildman–Crippen LogP) is 4.49. The number of sulfonamides is 1. The smallest absolute Gasteiger partial charge is 0.264 e. The predicted molar refractivity (Wildman–Crippen MR) is 119 cm³/mol. The molecule has 8 heteroatoms. The number of hydrogen-bond acceptors (Lipinski definition) is 4. The molecule has 156 valence electrons. The Morgan fingerprint density at radius 3 is 2.40 bits per heavy atom. The number of ether oxygens (including phenoxy) is 1. The molecule has 0 saturated carbocycles. The summed E-state index contributed by atoms with van der Waals surface area (Å²) in [4.78, 5) is 12.9. The van der Waals surface area contributed by atoms with E-state index in [2.05, 4.69) is 5.32 Å². The molecule has 3 aromatic rings. The first kappa shape index (κ1) is 21.7. The van der Waals surface area contributed by atoms with Crippen molar-refractivity contribution < 1.29 is 17.9 Å².